The predicted molar refractivity (Wildman–Crippen MR) is 140 cm³/mol. The van der Waals surface area contributed by atoms with Gasteiger partial charge in [-0.1, -0.05) is 45.0 Å². The van der Waals surface area contributed by atoms with Gasteiger partial charge in [-0.3, -0.25) is 0 Å². The highest BCUT2D eigenvalue weighted by molar-refractivity contribution is 5.95. The van der Waals surface area contributed by atoms with Gasteiger partial charge >= 0.3 is 0 Å². The van der Waals surface area contributed by atoms with Crippen LogP contribution in [0.2, 0.25) is 0 Å². The van der Waals surface area contributed by atoms with Crippen molar-refractivity contribution in [2.24, 2.45) is 0 Å². The summed E-state index contributed by atoms with van der Waals surface area (Å²) in [6, 6.07) is 17.5. The number of ether oxygens (including phenoxy) is 4. The monoisotopic (exact) mass is 561 g/mol. The molecule has 0 fully saturated rings. The molecule has 0 saturated heterocycles. The van der Waals surface area contributed by atoms with E-state index in [1.165, 1.54) is 38.9 Å². The minimum Gasteiger partial charge on any atom is -1.00 e. The third kappa shape index (κ3) is 4.31. The third-order valence-corrected chi connectivity index (χ3v) is 7.44. The topological polar surface area (TPSA) is 40.8 Å². The zero-order valence-electron chi connectivity index (χ0n) is 22.0. The van der Waals surface area contributed by atoms with Crippen molar-refractivity contribution in [3.8, 4) is 34.3 Å². The van der Waals surface area contributed by atoms with Gasteiger partial charge in [-0.25, -0.2) is 0 Å². The average molecular weight is 563 g/mol. The van der Waals surface area contributed by atoms with Crippen LogP contribution in [0, 0.1) is 0 Å². The first-order valence-corrected chi connectivity index (χ1v) is 12.5. The van der Waals surface area contributed by atoms with Gasteiger partial charge in [0.25, 0.3) is 0 Å². The van der Waals surface area contributed by atoms with Crippen LogP contribution < -0.4 is 40.5 Å². The van der Waals surface area contributed by atoms with Crippen molar-refractivity contribution >= 4 is 10.8 Å². The Balaban J connectivity index is 0.00000280. The summed E-state index contributed by atoms with van der Waals surface area (Å²) in [6.07, 6.45) is 3.95. The number of nitrogens with zero attached hydrogens (tertiary/aromatic N) is 1. The Morgan fingerprint density at radius 2 is 1.62 bits per heavy atom. The minimum atomic E-state index is 0. The highest BCUT2D eigenvalue weighted by atomic mass is 79.9. The first-order chi connectivity index (χ1) is 17.4. The number of hydrogen-bond donors (Lipinski definition) is 0. The Bertz CT molecular complexity index is 1490. The van der Waals surface area contributed by atoms with E-state index in [2.05, 4.69) is 74.0 Å². The second-order valence-corrected chi connectivity index (χ2v) is 10.6. The summed E-state index contributed by atoms with van der Waals surface area (Å²) in [6.45, 7) is 7.91. The molecular formula is C31H32BrNO4. The zero-order chi connectivity index (χ0) is 25.0. The van der Waals surface area contributed by atoms with Crippen LogP contribution in [0.5, 0.6) is 23.0 Å². The van der Waals surface area contributed by atoms with E-state index in [1.54, 1.807) is 14.2 Å². The summed E-state index contributed by atoms with van der Waals surface area (Å²) in [5.41, 5.74) is 7.75. The van der Waals surface area contributed by atoms with Gasteiger partial charge in [0.15, 0.2) is 35.7 Å². The van der Waals surface area contributed by atoms with Crippen molar-refractivity contribution in [1.29, 1.82) is 0 Å². The number of pyridine rings is 1. The van der Waals surface area contributed by atoms with Crippen LogP contribution in [-0.4, -0.2) is 21.0 Å². The molecule has 0 aliphatic carbocycles. The predicted octanol–water partition coefficient (Wildman–Crippen LogP) is 2.99. The number of aromatic nitrogens is 1. The maximum absolute atomic E-state index is 5.85. The molecule has 0 bridgehead atoms. The molecule has 2 aliphatic rings. The molecule has 2 aliphatic heterocycles. The highest BCUT2D eigenvalue weighted by Gasteiger charge is 2.32. The summed E-state index contributed by atoms with van der Waals surface area (Å²) in [4.78, 5) is 0. The van der Waals surface area contributed by atoms with Crippen molar-refractivity contribution in [3.05, 3.63) is 77.0 Å². The zero-order valence-corrected chi connectivity index (χ0v) is 23.6. The lowest BCUT2D eigenvalue weighted by molar-refractivity contribution is -0.686. The lowest BCUT2D eigenvalue weighted by Crippen LogP contribution is -3.00. The molecule has 3 aromatic carbocycles. The van der Waals surface area contributed by atoms with E-state index < -0.39 is 0 Å². The summed E-state index contributed by atoms with van der Waals surface area (Å²) in [5, 5.41) is 2.23. The van der Waals surface area contributed by atoms with Crippen molar-refractivity contribution in [3.63, 3.8) is 0 Å². The molecule has 6 heteroatoms. The molecule has 0 amide bonds. The summed E-state index contributed by atoms with van der Waals surface area (Å²) < 4.78 is 25.3. The molecule has 0 N–H and O–H groups in total. The molecule has 3 heterocycles. The van der Waals surface area contributed by atoms with Gasteiger partial charge < -0.3 is 35.9 Å². The number of methoxy groups -OCH3 is 2. The summed E-state index contributed by atoms with van der Waals surface area (Å²) in [5.74, 6) is 3.17. The number of fused-ring (bicyclic) bond motifs is 5. The van der Waals surface area contributed by atoms with E-state index >= 15 is 0 Å². The normalized spacial score (nSPS) is 13.5. The minimum absolute atomic E-state index is 0. The van der Waals surface area contributed by atoms with E-state index in [0.717, 1.165) is 47.8 Å². The fraction of sp³-hybridized carbons (Fsp3) is 0.323. The fourth-order valence-electron chi connectivity index (χ4n) is 5.51. The van der Waals surface area contributed by atoms with Gasteiger partial charge in [0.1, 0.15) is 0 Å². The first kappa shape index (κ1) is 25.4. The van der Waals surface area contributed by atoms with E-state index in [-0.39, 0.29) is 29.2 Å². The van der Waals surface area contributed by atoms with E-state index in [1.807, 2.05) is 6.07 Å². The van der Waals surface area contributed by atoms with E-state index in [0.29, 0.717) is 0 Å². The second-order valence-electron chi connectivity index (χ2n) is 10.6. The molecule has 0 atom stereocenters. The molecule has 5 nitrogen and oxygen atoms in total. The van der Waals surface area contributed by atoms with Gasteiger partial charge in [-0.2, -0.15) is 4.57 Å². The quantitative estimate of drug-likeness (QED) is 0.359. The second kappa shape index (κ2) is 9.56. The molecule has 37 heavy (non-hydrogen) atoms. The molecule has 192 valence electrons. The summed E-state index contributed by atoms with van der Waals surface area (Å²) >= 11 is 0. The van der Waals surface area contributed by atoms with Gasteiger partial charge in [-0.05, 0) is 46.4 Å². The van der Waals surface area contributed by atoms with Crippen LogP contribution in [0.25, 0.3) is 22.0 Å². The smallest absolute Gasteiger partial charge is 0.231 e. The highest BCUT2D eigenvalue weighted by Crippen LogP contribution is 2.44. The Morgan fingerprint density at radius 1 is 0.892 bits per heavy atom. The van der Waals surface area contributed by atoms with Crippen LogP contribution in [-0.2, 0) is 24.8 Å². The standard InChI is InChI=1S/C31H32NO4.BrH/c1-31(2,3)21-8-6-19(7-9-21)14-24-22-10-11-26(33-4)30(34-5)25(22)17-32-13-12-20-15-27-28(36-18-35-27)16-23(20)29(24)32;/h6-11,15-17H,12-14,18H2,1-5H3;1H/q+1;/p-1. The van der Waals surface area contributed by atoms with Crippen molar-refractivity contribution in [1.82, 2.24) is 0 Å². The molecule has 4 aromatic rings. The van der Waals surface area contributed by atoms with Gasteiger partial charge in [0, 0.05) is 23.8 Å². The Labute approximate surface area is 228 Å². The van der Waals surface area contributed by atoms with Crippen LogP contribution in [0.3, 0.4) is 0 Å². The number of hydrogen-bond acceptors (Lipinski definition) is 4. The average Bonchev–Trinajstić information content (AvgIpc) is 3.33. The van der Waals surface area contributed by atoms with E-state index in [9.17, 15) is 0 Å². The number of aryl methyl sites for hydroxylation is 2. The molecule has 0 saturated carbocycles. The molecule has 0 unspecified atom stereocenters. The van der Waals surface area contributed by atoms with Gasteiger partial charge in [0.05, 0.1) is 25.2 Å². The molecule has 0 spiro atoms. The Morgan fingerprint density at radius 3 is 2.30 bits per heavy atom. The van der Waals surface area contributed by atoms with Crippen LogP contribution in [0.4, 0.5) is 0 Å². The maximum atomic E-state index is 5.85. The van der Waals surface area contributed by atoms with Crippen LogP contribution in [0.1, 0.15) is 43.0 Å². The Hall–Kier alpha value is -3.25. The van der Waals surface area contributed by atoms with Crippen molar-refractivity contribution in [2.75, 3.05) is 21.0 Å². The molecule has 0 radical (unpaired) electrons. The van der Waals surface area contributed by atoms with Gasteiger partial charge in [-0.15, -0.1) is 0 Å². The lowest BCUT2D eigenvalue weighted by atomic mass is 9.85. The van der Waals surface area contributed by atoms with Crippen LogP contribution >= 0.6 is 0 Å². The van der Waals surface area contributed by atoms with Crippen molar-refractivity contribution in [2.45, 2.75) is 45.6 Å². The summed E-state index contributed by atoms with van der Waals surface area (Å²) in [7, 11) is 3.40. The SMILES string of the molecule is COc1ccc2c(Cc3ccc(C(C)(C)C)cc3)c3[n+](cc2c1OC)CCc1cc2c(cc1-3)OCO2.[Br-]. The molecular weight excluding hydrogens is 530 g/mol. The number of halogens is 1. The lowest BCUT2D eigenvalue weighted by Gasteiger charge is -2.22. The van der Waals surface area contributed by atoms with E-state index in [4.69, 9.17) is 18.9 Å². The van der Waals surface area contributed by atoms with Gasteiger partial charge in [0.2, 0.25) is 12.5 Å². The third-order valence-electron chi connectivity index (χ3n) is 7.44. The maximum Gasteiger partial charge on any atom is 0.231 e. The molecule has 6 rings (SSSR count). The van der Waals surface area contributed by atoms with Crippen molar-refractivity contribution < 1.29 is 40.5 Å². The molecule has 1 aromatic heterocycles. The van der Waals surface area contributed by atoms with Crippen LogP contribution in [0.15, 0.2) is 54.7 Å². The number of rotatable bonds is 4. The first-order valence-electron chi connectivity index (χ1n) is 12.5. The Kier molecular flexibility index (Phi) is 6.57. The fourth-order valence-corrected chi connectivity index (χ4v) is 5.51. The number of benzene rings is 3. The largest absolute Gasteiger partial charge is 1.00 e.